The van der Waals surface area contributed by atoms with Gasteiger partial charge in [0.05, 0.1) is 13.2 Å². The van der Waals surface area contributed by atoms with Crippen LogP contribution in [0.25, 0.3) is 10.8 Å². The SMILES string of the molecule is CC1(C)CCC(C)(C)c2cc(Oc3ccc4c(C(=O)N5CCOCC5)cccc4c3)ccc21. The van der Waals surface area contributed by atoms with E-state index in [4.69, 9.17) is 9.47 Å². The van der Waals surface area contributed by atoms with Crippen LogP contribution in [0.1, 0.15) is 62.0 Å². The molecule has 0 unspecified atom stereocenters. The molecule has 4 heteroatoms. The highest BCUT2D eigenvalue weighted by Gasteiger charge is 2.37. The van der Waals surface area contributed by atoms with Gasteiger partial charge in [0.15, 0.2) is 0 Å². The van der Waals surface area contributed by atoms with E-state index in [2.05, 4.69) is 45.9 Å². The lowest BCUT2D eigenvalue weighted by Gasteiger charge is -2.41. The number of rotatable bonds is 3. The van der Waals surface area contributed by atoms with Crippen molar-refractivity contribution in [3.8, 4) is 11.5 Å². The Morgan fingerprint density at radius 3 is 2.27 bits per heavy atom. The van der Waals surface area contributed by atoms with Gasteiger partial charge in [-0.2, -0.15) is 0 Å². The molecule has 5 rings (SSSR count). The minimum atomic E-state index is 0.0668. The summed E-state index contributed by atoms with van der Waals surface area (Å²) in [5.41, 5.74) is 3.88. The number of hydrogen-bond donors (Lipinski definition) is 0. The molecule has 2 aliphatic rings. The van der Waals surface area contributed by atoms with E-state index in [-0.39, 0.29) is 16.7 Å². The number of carbonyl (C=O) groups is 1. The summed E-state index contributed by atoms with van der Waals surface area (Å²) >= 11 is 0. The molecule has 0 radical (unpaired) electrons. The molecule has 1 fully saturated rings. The van der Waals surface area contributed by atoms with Crippen molar-refractivity contribution in [1.29, 1.82) is 0 Å². The Morgan fingerprint density at radius 2 is 1.52 bits per heavy atom. The number of hydrogen-bond acceptors (Lipinski definition) is 3. The topological polar surface area (TPSA) is 38.8 Å². The highest BCUT2D eigenvalue weighted by molar-refractivity contribution is 6.07. The van der Waals surface area contributed by atoms with Gasteiger partial charge in [0.1, 0.15) is 11.5 Å². The second-order valence-corrected chi connectivity index (χ2v) is 10.7. The quantitative estimate of drug-likeness (QED) is 0.467. The largest absolute Gasteiger partial charge is 0.457 e. The monoisotopic (exact) mass is 443 g/mol. The van der Waals surface area contributed by atoms with Gasteiger partial charge >= 0.3 is 0 Å². The Labute approximate surface area is 196 Å². The van der Waals surface area contributed by atoms with Gasteiger partial charge in [-0.15, -0.1) is 0 Å². The normalized spacial score (nSPS) is 19.2. The van der Waals surface area contributed by atoms with Crippen molar-refractivity contribution in [3.63, 3.8) is 0 Å². The van der Waals surface area contributed by atoms with E-state index >= 15 is 0 Å². The standard InChI is InChI=1S/C29H33NO3/c1-28(2)12-13-29(3,4)26-19-22(9-11-25(26)28)33-21-8-10-23-20(18-21)6-5-7-24(23)27(31)30-14-16-32-17-15-30/h5-11,18-19H,12-17H2,1-4H3. The van der Waals surface area contributed by atoms with Gasteiger partial charge in [0.2, 0.25) is 0 Å². The summed E-state index contributed by atoms with van der Waals surface area (Å²) in [6, 6.07) is 18.4. The maximum absolute atomic E-state index is 13.1. The van der Waals surface area contributed by atoms with Crippen molar-refractivity contribution in [2.24, 2.45) is 0 Å². The third-order valence-electron chi connectivity index (χ3n) is 7.44. The predicted octanol–water partition coefficient (Wildman–Crippen LogP) is 6.45. The number of morpholine rings is 1. The molecule has 0 atom stereocenters. The van der Waals surface area contributed by atoms with Crippen LogP contribution < -0.4 is 4.74 Å². The van der Waals surface area contributed by atoms with Crippen molar-refractivity contribution < 1.29 is 14.3 Å². The number of benzene rings is 3. The second-order valence-electron chi connectivity index (χ2n) is 10.7. The summed E-state index contributed by atoms with van der Waals surface area (Å²) in [7, 11) is 0. The molecule has 0 saturated carbocycles. The van der Waals surface area contributed by atoms with Crippen LogP contribution >= 0.6 is 0 Å². The van der Waals surface area contributed by atoms with Gasteiger partial charge in [-0.25, -0.2) is 0 Å². The fourth-order valence-corrected chi connectivity index (χ4v) is 5.22. The Balaban J connectivity index is 1.44. The highest BCUT2D eigenvalue weighted by atomic mass is 16.5. The smallest absolute Gasteiger partial charge is 0.254 e. The third-order valence-corrected chi connectivity index (χ3v) is 7.44. The zero-order chi connectivity index (χ0) is 23.2. The Kier molecular flexibility index (Phi) is 5.44. The lowest BCUT2D eigenvalue weighted by molar-refractivity contribution is 0.0304. The third kappa shape index (κ3) is 4.13. The van der Waals surface area contributed by atoms with E-state index in [1.807, 2.05) is 41.3 Å². The predicted molar refractivity (Wildman–Crippen MR) is 132 cm³/mol. The average Bonchev–Trinajstić information content (AvgIpc) is 2.82. The molecule has 4 nitrogen and oxygen atoms in total. The van der Waals surface area contributed by atoms with Crippen molar-refractivity contribution in [3.05, 3.63) is 71.3 Å². The van der Waals surface area contributed by atoms with Gasteiger partial charge in [0.25, 0.3) is 5.91 Å². The van der Waals surface area contributed by atoms with Crippen LogP contribution in [0.3, 0.4) is 0 Å². The van der Waals surface area contributed by atoms with Crippen molar-refractivity contribution in [2.45, 2.75) is 51.4 Å². The van der Waals surface area contributed by atoms with Crippen LogP contribution in [0.4, 0.5) is 0 Å². The first kappa shape index (κ1) is 22.0. The lowest BCUT2D eigenvalue weighted by Crippen LogP contribution is -2.40. The molecule has 172 valence electrons. The summed E-state index contributed by atoms with van der Waals surface area (Å²) < 4.78 is 11.7. The molecule has 1 heterocycles. The summed E-state index contributed by atoms with van der Waals surface area (Å²) in [5.74, 6) is 1.71. The first-order valence-electron chi connectivity index (χ1n) is 12.0. The van der Waals surface area contributed by atoms with Gasteiger partial charge < -0.3 is 14.4 Å². The fraction of sp³-hybridized carbons (Fsp3) is 0.414. The number of fused-ring (bicyclic) bond motifs is 2. The van der Waals surface area contributed by atoms with Crippen LogP contribution in [0.2, 0.25) is 0 Å². The van der Waals surface area contributed by atoms with E-state index in [0.717, 1.165) is 27.8 Å². The fourth-order valence-electron chi connectivity index (χ4n) is 5.22. The number of carbonyl (C=O) groups excluding carboxylic acids is 1. The molecule has 1 saturated heterocycles. The second kappa shape index (κ2) is 8.18. The Hall–Kier alpha value is -2.85. The van der Waals surface area contributed by atoms with Crippen LogP contribution in [-0.4, -0.2) is 37.1 Å². The highest BCUT2D eigenvalue weighted by Crippen LogP contribution is 2.47. The van der Waals surface area contributed by atoms with Gasteiger partial charge in [-0.3, -0.25) is 4.79 Å². The molecule has 1 aliphatic carbocycles. The molecule has 0 spiro atoms. The number of amides is 1. The Morgan fingerprint density at radius 1 is 0.848 bits per heavy atom. The van der Waals surface area contributed by atoms with Crippen molar-refractivity contribution >= 4 is 16.7 Å². The summed E-state index contributed by atoms with van der Waals surface area (Å²) in [6.07, 6.45) is 2.37. The molecular weight excluding hydrogens is 410 g/mol. The maximum Gasteiger partial charge on any atom is 0.254 e. The molecule has 33 heavy (non-hydrogen) atoms. The minimum Gasteiger partial charge on any atom is -0.457 e. The maximum atomic E-state index is 13.1. The summed E-state index contributed by atoms with van der Waals surface area (Å²) in [6.45, 7) is 11.8. The summed E-state index contributed by atoms with van der Waals surface area (Å²) in [4.78, 5) is 15.0. The number of ether oxygens (including phenoxy) is 2. The molecule has 3 aromatic rings. The van der Waals surface area contributed by atoms with Crippen molar-refractivity contribution in [2.75, 3.05) is 26.3 Å². The molecule has 3 aromatic carbocycles. The molecule has 0 aromatic heterocycles. The minimum absolute atomic E-state index is 0.0668. The van der Waals surface area contributed by atoms with E-state index in [9.17, 15) is 4.79 Å². The van der Waals surface area contributed by atoms with Gasteiger partial charge in [-0.1, -0.05) is 45.9 Å². The number of nitrogens with zero attached hydrogens (tertiary/aromatic N) is 1. The van der Waals surface area contributed by atoms with E-state index in [0.29, 0.717) is 26.3 Å². The van der Waals surface area contributed by atoms with E-state index in [1.54, 1.807) is 0 Å². The van der Waals surface area contributed by atoms with E-state index < -0.39 is 0 Å². The van der Waals surface area contributed by atoms with Gasteiger partial charge in [0, 0.05) is 18.7 Å². The molecule has 0 N–H and O–H groups in total. The molecule has 1 aliphatic heterocycles. The van der Waals surface area contributed by atoms with Crippen LogP contribution in [0.5, 0.6) is 11.5 Å². The average molecular weight is 444 g/mol. The molecule has 0 bridgehead atoms. The van der Waals surface area contributed by atoms with Crippen LogP contribution in [0.15, 0.2) is 54.6 Å². The zero-order valence-electron chi connectivity index (χ0n) is 20.1. The van der Waals surface area contributed by atoms with E-state index in [1.165, 1.54) is 24.0 Å². The molecular formula is C29H33NO3. The lowest BCUT2D eigenvalue weighted by atomic mass is 9.63. The first-order valence-corrected chi connectivity index (χ1v) is 12.0. The summed E-state index contributed by atoms with van der Waals surface area (Å²) in [5, 5.41) is 1.96. The Bertz CT molecular complexity index is 1200. The first-order chi connectivity index (χ1) is 15.7. The van der Waals surface area contributed by atoms with Gasteiger partial charge in [-0.05, 0) is 82.0 Å². The van der Waals surface area contributed by atoms with Crippen LogP contribution in [-0.2, 0) is 15.6 Å². The molecule has 1 amide bonds. The van der Waals surface area contributed by atoms with Crippen molar-refractivity contribution in [1.82, 2.24) is 4.90 Å². The van der Waals surface area contributed by atoms with Crippen LogP contribution in [0, 0.1) is 0 Å². The zero-order valence-corrected chi connectivity index (χ0v) is 20.1.